The van der Waals surface area contributed by atoms with Gasteiger partial charge in [0.05, 0.1) is 5.69 Å². The Morgan fingerprint density at radius 3 is 2.59 bits per heavy atom. The van der Waals surface area contributed by atoms with Crippen molar-refractivity contribution < 1.29 is 4.63 Å². The van der Waals surface area contributed by atoms with Crippen molar-refractivity contribution in [3.8, 4) is 11.3 Å². The van der Waals surface area contributed by atoms with Crippen molar-refractivity contribution in [1.29, 1.82) is 0 Å². The van der Waals surface area contributed by atoms with E-state index in [1.807, 2.05) is 19.1 Å². The molecule has 1 aliphatic heterocycles. The van der Waals surface area contributed by atoms with E-state index in [4.69, 9.17) is 4.63 Å². The summed E-state index contributed by atoms with van der Waals surface area (Å²) in [6.07, 6.45) is 5.51. The molecule has 3 aromatic heterocycles. The number of pyridine rings is 1. The van der Waals surface area contributed by atoms with Gasteiger partial charge < -0.3 is 0 Å². The molecule has 3 aromatic rings. The Morgan fingerprint density at radius 1 is 1.11 bits per heavy atom. The molecule has 27 heavy (non-hydrogen) atoms. The molecule has 0 radical (unpaired) electrons. The number of hydrogen-bond acceptors (Lipinski definition) is 7. The summed E-state index contributed by atoms with van der Waals surface area (Å²) < 4.78 is 6.37. The second-order valence-corrected chi connectivity index (χ2v) is 6.99. The number of piperidine rings is 1. The van der Waals surface area contributed by atoms with Gasteiger partial charge in [-0.2, -0.15) is 5.10 Å². The molecular formula is C19H22N6O2. The molecule has 1 aliphatic rings. The predicted octanol–water partition coefficient (Wildman–Crippen LogP) is 1.91. The first-order chi connectivity index (χ1) is 13.2. The highest BCUT2D eigenvalue weighted by molar-refractivity contribution is 5.56. The van der Waals surface area contributed by atoms with E-state index in [1.165, 1.54) is 0 Å². The SMILES string of the molecule is Cc1nonc1CN1CCC(Cn2nc(-c3ccncc3)ccc2=O)CC1. The summed E-state index contributed by atoms with van der Waals surface area (Å²) in [4.78, 5) is 18.6. The Bertz CT molecular complexity index is 944. The molecule has 140 valence electrons. The summed E-state index contributed by atoms with van der Waals surface area (Å²) in [6, 6.07) is 7.16. The minimum atomic E-state index is -0.0560. The van der Waals surface area contributed by atoms with Crippen LogP contribution in [0, 0.1) is 12.8 Å². The zero-order valence-electron chi connectivity index (χ0n) is 15.3. The summed E-state index contributed by atoms with van der Waals surface area (Å²) in [7, 11) is 0. The fraction of sp³-hybridized carbons (Fsp3) is 0.421. The van der Waals surface area contributed by atoms with E-state index in [9.17, 15) is 4.79 Å². The lowest BCUT2D eigenvalue weighted by molar-refractivity contribution is 0.159. The normalized spacial score (nSPS) is 15.9. The lowest BCUT2D eigenvalue weighted by Crippen LogP contribution is -2.36. The van der Waals surface area contributed by atoms with Crippen LogP contribution in [0.5, 0.6) is 0 Å². The monoisotopic (exact) mass is 366 g/mol. The molecule has 0 amide bonds. The number of hydrogen-bond donors (Lipinski definition) is 0. The highest BCUT2D eigenvalue weighted by atomic mass is 16.6. The van der Waals surface area contributed by atoms with Gasteiger partial charge in [0.25, 0.3) is 5.56 Å². The van der Waals surface area contributed by atoms with Gasteiger partial charge in [-0.05, 0) is 57.0 Å². The second kappa shape index (κ2) is 7.79. The molecule has 0 spiro atoms. The van der Waals surface area contributed by atoms with Crippen LogP contribution < -0.4 is 5.56 Å². The van der Waals surface area contributed by atoms with Crippen molar-refractivity contribution in [1.82, 2.24) is 30.0 Å². The zero-order chi connectivity index (χ0) is 18.6. The Morgan fingerprint density at radius 2 is 1.89 bits per heavy atom. The molecule has 0 bridgehead atoms. The Labute approximate surface area is 156 Å². The van der Waals surface area contributed by atoms with Gasteiger partial charge in [-0.1, -0.05) is 10.3 Å². The third-order valence-corrected chi connectivity index (χ3v) is 5.10. The van der Waals surface area contributed by atoms with Gasteiger partial charge in [0, 0.05) is 37.1 Å². The molecule has 0 unspecified atom stereocenters. The van der Waals surface area contributed by atoms with Crippen LogP contribution in [0.25, 0.3) is 11.3 Å². The van der Waals surface area contributed by atoms with Crippen molar-refractivity contribution in [2.75, 3.05) is 13.1 Å². The van der Waals surface area contributed by atoms with E-state index in [1.54, 1.807) is 29.2 Å². The first kappa shape index (κ1) is 17.5. The van der Waals surface area contributed by atoms with E-state index in [0.717, 1.165) is 55.1 Å². The largest absolute Gasteiger partial charge is 0.297 e. The number of aryl methyl sites for hydroxylation is 1. The molecule has 0 saturated carbocycles. The fourth-order valence-corrected chi connectivity index (χ4v) is 3.43. The highest BCUT2D eigenvalue weighted by Gasteiger charge is 2.22. The molecule has 4 rings (SSSR count). The van der Waals surface area contributed by atoms with Gasteiger partial charge in [0.2, 0.25) is 0 Å². The number of rotatable bonds is 5. The molecule has 1 saturated heterocycles. The van der Waals surface area contributed by atoms with Crippen LogP contribution in [0.15, 0.2) is 46.1 Å². The maximum absolute atomic E-state index is 12.2. The van der Waals surface area contributed by atoms with E-state index < -0.39 is 0 Å². The molecule has 0 aliphatic carbocycles. The van der Waals surface area contributed by atoms with Gasteiger partial charge in [0.15, 0.2) is 0 Å². The third kappa shape index (κ3) is 4.11. The zero-order valence-corrected chi connectivity index (χ0v) is 15.3. The molecule has 4 heterocycles. The van der Waals surface area contributed by atoms with Crippen LogP contribution in [-0.2, 0) is 13.1 Å². The van der Waals surface area contributed by atoms with E-state index in [0.29, 0.717) is 12.5 Å². The van der Waals surface area contributed by atoms with Gasteiger partial charge in [-0.25, -0.2) is 9.31 Å². The topological polar surface area (TPSA) is 89.9 Å². The quantitative estimate of drug-likeness (QED) is 0.681. The fourth-order valence-electron chi connectivity index (χ4n) is 3.43. The standard InChI is InChI=1S/C19H22N6O2/c1-14-18(23-27-22-14)13-24-10-6-15(7-11-24)12-25-19(26)3-2-17(21-25)16-4-8-20-9-5-16/h2-5,8-9,15H,6-7,10-13H2,1H3. The first-order valence-electron chi connectivity index (χ1n) is 9.18. The van der Waals surface area contributed by atoms with E-state index >= 15 is 0 Å². The van der Waals surface area contributed by atoms with Gasteiger partial charge >= 0.3 is 0 Å². The minimum Gasteiger partial charge on any atom is -0.297 e. The average molecular weight is 366 g/mol. The maximum atomic E-state index is 12.2. The number of aromatic nitrogens is 5. The maximum Gasteiger partial charge on any atom is 0.266 e. The summed E-state index contributed by atoms with van der Waals surface area (Å²) in [5.41, 5.74) is 3.45. The van der Waals surface area contributed by atoms with Gasteiger partial charge in [0.1, 0.15) is 11.4 Å². The third-order valence-electron chi connectivity index (χ3n) is 5.10. The van der Waals surface area contributed by atoms with Crippen molar-refractivity contribution in [3.63, 3.8) is 0 Å². The van der Waals surface area contributed by atoms with Crippen LogP contribution in [0.1, 0.15) is 24.2 Å². The van der Waals surface area contributed by atoms with Gasteiger partial charge in [-0.15, -0.1) is 0 Å². The van der Waals surface area contributed by atoms with Crippen LogP contribution in [0.4, 0.5) is 0 Å². The van der Waals surface area contributed by atoms with Crippen molar-refractivity contribution in [2.24, 2.45) is 5.92 Å². The predicted molar refractivity (Wildman–Crippen MR) is 98.8 cm³/mol. The molecule has 1 fully saturated rings. The van der Waals surface area contributed by atoms with E-state index in [2.05, 4.69) is 25.3 Å². The smallest absolute Gasteiger partial charge is 0.266 e. The molecule has 0 atom stereocenters. The van der Waals surface area contributed by atoms with E-state index in [-0.39, 0.29) is 5.56 Å². The first-order valence-corrected chi connectivity index (χ1v) is 9.18. The van der Waals surface area contributed by atoms with Crippen molar-refractivity contribution in [3.05, 3.63) is 58.4 Å². The second-order valence-electron chi connectivity index (χ2n) is 6.99. The van der Waals surface area contributed by atoms with Crippen LogP contribution >= 0.6 is 0 Å². The highest BCUT2D eigenvalue weighted by Crippen LogP contribution is 2.21. The average Bonchev–Trinajstić information content (AvgIpc) is 3.10. The molecule has 8 heteroatoms. The van der Waals surface area contributed by atoms with Crippen LogP contribution in [-0.4, -0.2) is 43.1 Å². The molecule has 0 N–H and O–H groups in total. The Hall–Kier alpha value is -2.87. The molecule has 8 nitrogen and oxygen atoms in total. The number of likely N-dealkylation sites (tertiary alicyclic amines) is 1. The minimum absolute atomic E-state index is 0.0560. The van der Waals surface area contributed by atoms with Crippen LogP contribution in [0.2, 0.25) is 0 Å². The summed E-state index contributed by atoms with van der Waals surface area (Å²) >= 11 is 0. The summed E-state index contributed by atoms with van der Waals surface area (Å²) in [6.45, 7) is 5.26. The Kier molecular flexibility index (Phi) is 5.06. The van der Waals surface area contributed by atoms with Crippen molar-refractivity contribution >= 4 is 0 Å². The number of nitrogens with zero attached hydrogens (tertiary/aromatic N) is 6. The lowest BCUT2D eigenvalue weighted by Gasteiger charge is -2.31. The van der Waals surface area contributed by atoms with Crippen LogP contribution in [0.3, 0.4) is 0 Å². The Balaban J connectivity index is 1.39. The summed E-state index contributed by atoms with van der Waals surface area (Å²) in [5, 5.41) is 12.4. The molecule has 0 aromatic carbocycles. The summed E-state index contributed by atoms with van der Waals surface area (Å²) in [5.74, 6) is 0.440. The van der Waals surface area contributed by atoms with Crippen molar-refractivity contribution in [2.45, 2.75) is 32.9 Å². The molecular weight excluding hydrogens is 344 g/mol. The lowest BCUT2D eigenvalue weighted by atomic mass is 9.96. The van der Waals surface area contributed by atoms with Gasteiger partial charge in [-0.3, -0.25) is 14.7 Å².